The van der Waals surface area contributed by atoms with Crippen LogP contribution < -0.4 is 4.90 Å². The molecule has 3 rings (SSSR count). The number of nitrogens with zero attached hydrogens (tertiary/aromatic N) is 3. The summed E-state index contributed by atoms with van der Waals surface area (Å²) >= 11 is 6.13. The van der Waals surface area contributed by atoms with Crippen LogP contribution in [0.1, 0.15) is 38.3 Å². The molecule has 23 heavy (non-hydrogen) atoms. The van der Waals surface area contributed by atoms with Gasteiger partial charge in [0.25, 0.3) is 0 Å². The highest BCUT2D eigenvalue weighted by Gasteiger charge is 2.46. The zero-order valence-electron chi connectivity index (χ0n) is 13.5. The van der Waals surface area contributed by atoms with Crippen LogP contribution in [0.4, 0.5) is 5.82 Å². The smallest absolute Gasteiger partial charge is 0.224 e. The summed E-state index contributed by atoms with van der Waals surface area (Å²) in [5.74, 6) is 0.686. The first-order chi connectivity index (χ1) is 10.8. The third kappa shape index (κ3) is 3.06. The van der Waals surface area contributed by atoms with Gasteiger partial charge >= 0.3 is 0 Å². The van der Waals surface area contributed by atoms with Gasteiger partial charge in [0.1, 0.15) is 10.6 Å². The fourth-order valence-corrected chi connectivity index (χ4v) is 5.31. The molecule has 1 saturated carbocycles. The number of sulfone groups is 1. The Kier molecular flexibility index (Phi) is 4.55. The molecule has 1 aromatic heterocycles. The second-order valence-electron chi connectivity index (χ2n) is 6.47. The summed E-state index contributed by atoms with van der Waals surface area (Å²) in [4.78, 5) is 10.7. The Labute approximate surface area is 142 Å². The number of ether oxygens (including phenoxy) is 1. The zero-order valence-corrected chi connectivity index (χ0v) is 15.0. The Morgan fingerprint density at radius 1 is 1.35 bits per heavy atom. The molecule has 8 heteroatoms. The lowest BCUT2D eigenvalue weighted by atomic mass is 10.0. The van der Waals surface area contributed by atoms with Crippen molar-refractivity contribution in [3.63, 3.8) is 0 Å². The highest BCUT2D eigenvalue weighted by molar-refractivity contribution is 7.91. The monoisotopic (exact) mass is 359 g/mol. The number of morpholine rings is 1. The van der Waals surface area contributed by atoms with Crippen molar-refractivity contribution in [2.75, 3.05) is 30.9 Å². The molecule has 0 aromatic carbocycles. The molecule has 0 radical (unpaired) electrons. The molecule has 0 amide bonds. The average molecular weight is 360 g/mol. The lowest BCUT2D eigenvalue weighted by Gasteiger charge is -2.35. The molecule has 0 bridgehead atoms. The molecule has 0 unspecified atom stereocenters. The maximum absolute atomic E-state index is 12.5. The molecule has 1 aromatic rings. The number of anilines is 1. The molecular weight excluding hydrogens is 338 g/mol. The van der Waals surface area contributed by atoms with Crippen LogP contribution in [-0.4, -0.2) is 50.4 Å². The van der Waals surface area contributed by atoms with Gasteiger partial charge in [-0.3, -0.25) is 0 Å². The van der Waals surface area contributed by atoms with Crippen molar-refractivity contribution >= 4 is 27.3 Å². The number of aromatic nitrogens is 2. The number of hydrogen-bond acceptors (Lipinski definition) is 6. The first-order valence-electron chi connectivity index (χ1n) is 7.92. The molecule has 1 saturated heterocycles. The van der Waals surface area contributed by atoms with Crippen LogP contribution in [0.2, 0.25) is 5.28 Å². The van der Waals surface area contributed by atoms with Crippen LogP contribution in [0.15, 0.2) is 6.07 Å². The van der Waals surface area contributed by atoms with Gasteiger partial charge in [0.05, 0.1) is 24.9 Å². The molecule has 6 nitrogen and oxygen atoms in total. The molecule has 2 heterocycles. The minimum absolute atomic E-state index is 0.103. The Morgan fingerprint density at radius 3 is 2.65 bits per heavy atom. The van der Waals surface area contributed by atoms with E-state index in [1.807, 2.05) is 0 Å². The summed E-state index contributed by atoms with van der Waals surface area (Å²) in [6, 6.07) is 1.97. The van der Waals surface area contributed by atoms with Crippen LogP contribution >= 0.6 is 11.6 Å². The average Bonchev–Trinajstić information content (AvgIpc) is 2.97. The number of hydrogen-bond donors (Lipinski definition) is 0. The SMILES string of the molecule is C[C@H]1COCCN1c1cc(C2(S(C)(=O)=O)CCCC2)nc(Cl)n1. The second-order valence-corrected chi connectivity index (χ2v) is 9.14. The van der Waals surface area contributed by atoms with Crippen molar-refractivity contribution in [3.8, 4) is 0 Å². The Balaban J connectivity index is 2.06. The van der Waals surface area contributed by atoms with Gasteiger partial charge in [0, 0.05) is 18.9 Å². The van der Waals surface area contributed by atoms with E-state index in [1.54, 1.807) is 6.07 Å². The van der Waals surface area contributed by atoms with E-state index in [0.717, 1.165) is 12.8 Å². The first kappa shape index (κ1) is 16.9. The van der Waals surface area contributed by atoms with Crippen molar-refractivity contribution in [2.24, 2.45) is 0 Å². The standard InChI is InChI=1S/C15H22ClN3O3S/c1-11-10-22-8-7-19(11)13-9-12(17-14(16)18-13)15(23(2,20)21)5-3-4-6-15/h9,11H,3-8,10H2,1-2H3/t11-/m0/s1. The molecular formula is C15H22ClN3O3S. The van der Waals surface area contributed by atoms with Gasteiger partial charge in [-0.1, -0.05) is 12.8 Å². The van der Waals surface area contributed by atoms with E-state index in [9.17, 15) is 8.42 Å². The van der Waals surface area contributed by atoms with E-state index >= 15 is 0 Å². The van der Waals surface area contributed by atoms with E-state index in [1.165, 1.54) is 6.26 Å². The molecule has 1 atom stereocenters. The summed E-state index contributed by atoms with van der Waals surface area (Å²) in [6.07, 6.45) is 4.26. The summed E-state index contributed by atoms with van der Waals surface area (Å²) < 4.78 is 29.5. The molecule has 2 aliphatic rings. The quantitative estimate of drug-likeness (QED) is 0.770. The third-order valence-corrected chi connectivity index (χ3v) is 7.14. The Bertz CT molecular complexity index is 689. The van der Waals surface area contributed by atoms with Gasteiger partial charge in [-0.15, -0.1) is 0 Å². The maximum Gasteiger partial charge on any atom is 0.224 e. The first-order valence-corrected chi connectivity index (χ1v) is 10.2. The van der Waals surface area contributed by atoms with Gasteiger partial charge in [-0.2, -0.15) is 0 Å². The highest BCUT2D eigenvalue weighted by atomic mass is 35.5. The number of halogens is 1. The van der Waals surface area contributed by atoms with Crippen molar-refractivity contribution in [2.45, 2.75) is 43.4 Å². The van der Waals surface area contributed by atoms with E-state index in [4.69, 9.17) is 16.3 Å². The topological polar surface area (TPSA) is 72.4 Å². The fraction of sp³-hybridized carbons (Fsp3) is 0.733. The zero-order chi connectivity index (χ0) is 16.7. The lowest BCUT2D eigenvalue weighted by Crippen LogP contribution is -2.44. The van der Waals surface area contributed by atoms with Crippen molar-refractivity contribution in [3.05, 3.63) is 17.0 Å². The predicted molar refractivity (Wildman–Crippen MR) is 89.7 cm³/mol. The third-order valence-electron chi connectivity index (χ3n) is 4.94. The van der Waals surface area contributed by atoms with E-state index in [2.05, 4.69) is 21.8 Å². The summed E-state index contributed by atoms with van der Waals surface area (Å²) in [6.45, 7) is 4.00. The second kappa shape index (κ2) is 6.18. The van der Waals surface area contributed by atoms with Gasteiger partial charge in [-0.05, 0) is 31.4 Å². The van der Waals surface area contributed by atoms with Crippen LogP contribution in [0, 0.1) is 0 Å². The summed E-state index contributed by atoms with van der Waals surface area (Å²) in [5, 5.41) is 0.103. The summed E-state index contributed by atoms with van der Waals surface area (Å²) in [5.41, 5.74) is 0.534. The molecule has 2 fully saturated rings. The highest BCUT2D eigenvalue weighted by Crippen LogP contribution is 2.45. The maximum atomic E-state index is 12.5. The van der Waals surface area contributed by atoms with Gasteiger partial charge in [-0.25, -0.2) is 18.4 Å². The van der Waals surface area contributed by atoms with Crippen molar-refractivity contribution in [1.29, 1.82) is 0 Å². The minimum atomic E-state index is -3.29. The molecule has 0 N–H and O–H groups in total. The number of rotatable bonds is 3. The van der Waals surface area contributed by atoms with Crippen molar-refractivity contribution in [1.82, 2.24) is 9.97 Å². The predicted octanol–water partition coefficient (Wildman–Crippen LogP) is 2.17. The molecule has 128 valence electrons. The minimum Gasteiger partial charge on any atom is -0.377 e. The van der Waals surface area contributed by atoms with E-state index in [-0.39, 0.29) is 11.3 Å². The Morgan fingerprint density at radius 2 is 2.04 bits per heavy atom. The van der Waals surface area contributed by atoms with Gasteiger partial charge in [0.15, 0.2) is 9.84 Å². The van der Waals surface area contributed by atoms with Gasteiger partial charge in [0.2, 0.25) is 5.28 Å². The fourth-order valence-electron chi connectivity index (χ4n) is 3.62. The largest absolute Gasteiger partial charge is 0.377 e. The Hall–Kier alpha value is -0.920. The molecule has 0 spiro atoms. The lowest BCUT2D eigenvalue weighted by molar-refractivity contribution is 0.0985. The molecule has 1 aliphatic heterocycles. The molecule has 1 aliphatic carbocycles. The van der Waals surface area contributed by atoms with Crippen LogP contribution in [0.25, 0.3) is 0 Å². The summed E-state index contributed by atoms with van der Waals surface area (Å²) in [7, 11) is -3.29. The normalized spacial score (nSPS) is 24.8. The van der Waals surface area contributed by atoms with Crippen LogP contribution in [0.5, 0.6) is 0 Å². The van der Waals surface area contributed by atoms with Crippen molar-refractivity contribution < 1.29 is 13.2 Å². The van der Waals surface area contributed by atoms with Gasteiger partial charge < -0.3 is 9.64 Å². The van der Waals surface area contributed by atoms with E-state index < -0.39 is 14.6 Å². The van der Waals surface area contributed by atoms with Crippen LogP contribution in [-0.2, 0) is 19.3 Å². The van der Waals surface area contributed by atoms with E-state index in [0.29, 0.717) is 44.1 Å². The van der Waals surface area contributed by atoms with Crippen LogP contribution in [0.3, 0.4) is 0 Å².